The van der Waals surface area contributed by atoms with Crippen molar-refractivity contribution in [1.82, 2.24) is 4.98 Å². The van der Waals surface area contributed by atoms with E-state index in [0.29, 0.717) is 0 Å². The number of hydrogen-bond donors (Lipinski definition) is 0. The second-order valence-corrected chi connectivity index (χ2v) is 4.92. The van der Waals surface area contributed by atoms with E-state index >= 15 is 0 Å². The van der Waals surface area contributed by atoms with Gasteiger partial charge in [0.25, 0.3) is 0 Å². The summed E-state index contributed by atoms with van der Waals surface area (Å²) in [5, 5.41) is 0. The first-order valence-corrected chi connectivity index (χ1v) is 5.61. The highest BCUT2D eigenvalue weighted by Gasteiger charge is 2.15. The molecule has 1 aromatic heterocycles. The molecular weight excluding hydrogens is 249 g/mol. The maximum absolute atomic E-state index is 13.0. The SMILES string of the molecule is CS(=O)(=O)c1ccnc(Br)c1F. The minimum Gasteiger partial charge on any atom is -0.246 e. The van der Waals surface area contributed by atoms with Crippen molar-refractivity contribution in [3.8, 4) is 0 Å². The van der Waals surface area contributed by atoms with Crippen molar-refractivity contribution >= 4 is 25.8 Å². The molecule has 6 heteroatoms. The molecule has 0 fully saturated rings. The van der Waals surface area contributed by atoms with E-state index in [0.717, 1.165) is 12.3 Å². The second-order valence-electron chi connectivity index (χ2n) is 2.19. The Balaban J connectivity index is 3.47. The molecule has 1 rings (SSSR count). The Labute approximate surface area is 77.7 Å². The van der Waals surface area contributed by atoms with Crippen LogP contribution in [0.25, 0.3) is 0 Å². The molecule has 0 spiro atoms. The molecular formula is C6H5BrFNO2S. The first-order chi connectivity index (χ1) is 5.43. The fraction of sp³-hybridized carbons (Fsp3) is 0.167. The zero-order valence-electron chi connectivity index (χ0n) is 6.08. The van der Waals surface area contributed by atoms with Gasteiger partial charge in [-0.05, 0) is 22.0 Å². The van der Waals surface area contributed by atoms with E-state index in [2.05, 4.69) is 20.9 Å². The van der Waals surface area contributed by atoms with Gasteiger partial charge in [-0.3, -0.25) is 0 Å². The first kappa shape index (κ1) is 9.60. The van der Waals surface area contributed by atoms with Gasteiger partial charge in [-0.1, -0.05) is 0 Å². The maximum atomic E-state index is 13.0. The zero-order chi connectivity index (χ0) is 9.35. The number of aromatic nitrogens is 1. The van der Waals surface area contributed by atoms with Crippen molar-refractivity contribution in [2.75, 3.05) is 6.26 Å². The topological polar surface area (TPSA) is 47.0 Å². The van der Waals surface area contributed by atoms with Crippen LogP contribution in [-0.2, 0) is 9.84 Å². The lowest BCUT2D eigenvalue weighted by Gasteiger charge is -1.99. The summed E-state index contributed by atoms with van der Waals surface area (Å²) in [6.45, 7) is 0. The summed E-state index contributed by atoms with van der Waals surface area (Å²) >= 11 is 2.79. The molecule has 0 aromatic carbocycles. The monoisotopic (exact) mass is 253 g/mol. The number of sulfone groups is 1. The van der Waals surface area contributed by atoms with Crippen LogP contribution in [0, 0.1) is 5.82 Å². The van der Waals surface area contributed by atoms with Gasteiger partial charge in [-0.15, -0.1) is 0 Å². The van der Waals surface area contributed by atoms with Crippen LogP contribution in [0.5, 0.6) is 0 Å². The predicted octanol–water partition coefficient (Wildman–Crippen LogP) is 1.39. The molecule has 1 heterocycles. The van der Waals surface area contributed by atoms with Crippen LogP contribution in [0.4, 0.5) is 4.39 Å². The van der Waals surface area contributed by atoms with Gasteiger partial charge < -0.3 is 0 Å². The molecule has 0 aliphatic carbocycles. The molecule has 12 heavy (non-hydrogen) atoms. The minimum atomic E-state index is -3.50. The largest absolute Gasteiger partial charge is 0.246 e. The highest BCUT2D eigenvalue weighted by molar-refractivity contribution is 9.10. The van der Waals surface area contributed by atoms with E-state index in [1.54, 1.807) is 0 Å². The molecule has 0 radical (unpaired) electrons. The van der Waals surface area contributed by atoms with E-state index in [1.807, 2.05) is 0 Å². The van der Waals surface area contributed by atoms with Crippen LogP contribution in [0.1, 0.15) is 0 Å². The standard InChI is InChI=1S/C6H5BrFNO2S/c1-12(10,11)4-2-3-9-6(7)5(4)8/h2-3H,1H3. The van der Waals surface area contributed by atoms with E-state index in [9.17, 15) is 12.8 Å². The summed E-state index contributed by atoms with van der Waals surface area (Å²) < 4.78 is 34.8. The maximum Gasteiger partial charge on any atom is 0.178 e. The number of rotatable bonds is 1. The lowest BCUT2D eigenvalue weighted by atomic mass is 10.5. The van der Waals surface area contributed by atoms with Gasteiger partial charge in [-0.2, -0.15) is 0 Å². The van der Waals surface area contributed by atoms with Gasteiger partial charge in [0.1, 0.15) is 9.50 Å². The summed E-state index contributed by atoms with van der Waals surface area (Å²) in [7, 11) is -3.50. The molecule has 66 valence electrons. The molecule has 0 N–H and O–H groups in total. The lowest BCUT2D eigenvalue weighted by Crippen LogP contribution is -2.01. The third-order valence-electron chi connectivity index (χ3n) is 1.21. The Morgan fingerprint density at radius 3 is 2.58 bits per heavy atom. The van der Waals surface area contributed by atoms with Crippen LogP contribution in [-0.4, -0.2) is 19.7 Å². The minimum absolute atomic E-state index is 0.0922. The molecule has 0 aliphatic heterocycles. The normalized spacial score (nSPS) is 11.6. The Morgan fingerprint density at radius 2 is 2.17 bits per heavy atom. The molecule has 0 amide bonds. The van der Waals surface area contributed by atoms with Crippen molar-refractivity contribution in [2.45, 2.75) is 4.90 Å². The Hall–Kier alpha value is -0.490. The van der Waals surface area contributed by atoms with Crippen LogP contribution < -0.4 is 0 Å². The van der Waals surface area contributed by atoms with Gasteiger partial charge in [-0.25, -0.2) is 17.8 Å². The molecule has 3 nitrogen and oxygen atoms in total. The van der Waals surface area contributed by atoms with Crippen LogP contribution in [0.2, 0.25) is 0 Å². The fourth-order valence-corrected chi connectivity index (χ4v) is 1.88. The number of nitrogens with zero attached hydrogens (tertiary/aromatic N) is 1. The van der Waals surface area contributed by atoms with Crippen LogP contribution >= 0.6 is 15.9 Å². The third kappa shape index (κ3) is 1.81. The van der Waals surface area contributed by atoms with E-state index in [1.165, 1.54) is 6.20 Å². The van der Waals surface area contributed by atoms with Gasteiger partial charge in [0.15, 0.2) is 15.7 Å². The average molecular weight is 254 g/mol. The van der Waals surface area contributed by atoms with Crippen molar-refractivity contribution < 1.29 is 12.8 Å². The Morgan fingerprint density at radius 1 is 1.58 bits per heavy atom. The summed E-state index contributed by atoms with van der Waals surface area (Å²) in [5.74, 6) is -0.847. The van der Waals surface area contributed by atoms with Gasteiger partial charge >= 0.3 is 0 Å². The molecule has 0 aliphatic rings. The lowest BCUT2D eigenvalue weighted by molar-refractivity contribution is 0.561. The highest BCUT2D eigenvalue weighted by Crippen LogP contribution is 2.19. The predicted molar refractivity (Wildman–Crippen MR) is 45.0 cm³/mol. The number of pyridine rings is 1. The fourth-order valence-electron chi connectivity index (χ4n) is 0.688. The molecule has 0 unspecified atom stereocenters. The number of hydrogen-bond acceptors (Lipinski definition) is 3. The van der Waals surface area contributed by atoms with Crippen molar-refractivity contribution in [3.05, 3.63) is 22.7 Å². The van der Waals surface area contributed by atoms with Gasteiger partial charge in [0, 0.05) is 12.5 Å². The number of halogens is 2. The van der Waals surface area contributed by atoms with Crippen molar-refractivity contribution in [2.24, 2.45) is 0 Å². The van der Waals surface area contributed by atoms with E-state index in [4.69, 9.17) is 0 Å². The van der Waals surface area contributed by atoms with Gasteiger partial charge in [0.2, 0.25) is 0 Å². The van der Waals surface area contributed by atoms with Crippen LogP contribution in [0.15, 0.2) is 21.8 Å². The molecule has 0 atom stereocenters. The summed E-state index contributed by atoms with van der Waals surface area (Å²) in [4.78, 5) is 3.19. The first-order valence-electron chi connectivity index (χ1n) is 2.93. The summed E-state index contributed by atoms with van der Waals surface area (Å²) in [5.41, 5.74) is 0. The quantitative estimate of drug-likeness (QED) is 0.711. The molecule has 0 saturated carbocycles. The van der Waals surface area contributed by atoms with Gasteiger partial charge in [0.05, 0.1) is 0 Å². The van der Waals surface area contributed by atoms with Crippen molar-refractivity contribution in [3.63, 3.8) is 0 Å². The van der Waals surface area contributed by atoms with Crippen LogP contribution in [0.3, 0.4) is 0 Å². The van der Waals surface area contributed by atoms with E-state index in [-0.39, 0.29) is 9.50 Å². The molecule has 1 aromatic rings. The summed E-state index contributed by atoms with van der Waals surface area (Å²) in [6.07, 6.45) is 2.17. The smallest absolute Gasteiger partial charge is 0.178 e. The molecule has 0 bridgehead atoms. The third-order valence-corrected chi connectivity index (χ3v) is 2.88. The highest BCUT2D eigenvalue weighted by atomic mass is 79.9. The van der Waals surface area contributed by atoms with E-state index < -0.39 is 15.7 Å². The Bertz CT molecular complexity index is 404. The summed E-state index contributed by atoms with van der Waals surface area (Å²) in [6, 6.07) is 1.12. The Kier molecular flexibility index (Phi) is 2.48. The molecule has 0 saturated heterocycles. The average Bonchev–Trinajstić information content (AvgIpc) is 1.92. The zero-order valence-corrected chi connectivity index (χ0v) is 8.49. The second kappa shape index (κ2) is 3.10. The van der Waals surface area contributed by atoms with Crippen molar-refractivity contribution in [1.29, 1.82) is 0 Å².